The zero-order valence-electron chi connectivity index (χ0n) is 31.0. The van der Waals surface area contributed by atoms with E-state index in [-0.39, 0.29) is 50.0 Å². The lowest BCUT2D eigenvalue weighted by molar-refractivity contribution is -0.137. The Hall–Kier alpha value is -5.23. The van der Waals surface area contributed by atoms with E-state index >= 15 is 0 Å². The minimum Gasteiger partial charge on any atom is -0.506 e. The molecular weight excluding hydrogens is 736 g/mol. The maximum atomic E-state index is 13.8. The van der Waals surface area contributed by atoms with Crippen LogP contribution in [0.3, 0.4) is 0 Å². The Labute approximate surface area is 310 Å². The minimum absolute atomic E-state index is 0.0201. The molecule has 0 amide bonds. The summed E-state index contributed by atoms with van der Waals surface area (Å²) in [5, 5.41) is 21.0. The Kier molecular flexibility index (Phi) is 11.5. The molecule has 0 spiro atoms. The molecule has 0 fully saturated rings. The summed E-state index contributed by atoms with van der Waals surface area (Å²) in [5.41, 5.74) is 5.02. The number of carbonyl (C=O) groups is 5. The van der Waals surface area contributed by atoms with Gasteiger partial charge in [0.1, 0.15) is 39.0 Å². The first kappa shape index (κ1) is 39.6. The fourth-order valence-corrected chi connectivity index (χ4v) is 7.13. The van der Waals surface area contributed by atoms with Gasteiger partial charge in [0.05, 0.1) is 18.2 Å². The fourth-order valence-electron chi connectivity index (χ4n) is 6.55. The fraction of sp³-hybridized carbons (Fsp3) is 0.325. The Morgan fingerprint density at radius 1 is 0.731 bits per heavy atom. The number of aromatic carboxylic acids is 1. The maximum absolute atomic E-state index is 13.8. The number of aryl methyl sites for hydroxylation is 1. The molecule has 3 aromatic rings. The van der Waals surface area contributed by atoms with E-state index in [1.807, 2.05) is 6.92 Å². The number of phenols is 1. The van der Waals surface area contributed by atoms with E-state index in [0.717, 1.165) is 0 Å². The van der Waals surface area contributed by atoms with Gasteiger partial charge in [-0.15, -0.1) is 0 Å². The lowest BCUT2D eigenvalue weighted by atomic mass is 9.92. The van der Waals surface area contributed by atoms with E-state index < -0.39 is 35.5 Å². The molecule has 2 N–H and O–H groups in total. The predicted octanol–water partition coefficient (Wildman–Crippen LogP) is 7.90. The highest BCUT2D eigenvalue weighted by molar-refractivity contribution is 9.10. The third kappa shape index (κ3) is 6.99. The van der Waals surface area contributed by atoms with Crippen molar-refractivity contribution in [2.45, 2.75) is 75.7 Å². The van der Waals surface area contributed by atoms with Crippen LogP contribution in [-0.2, 0) is 20.7 Å². The number of rotatable bonds is 9. The third-order valence-electron chi connectivity index (χ3n) is 9.79. The van der Waals surface area contributed by atoms with Crippen LogP contribution in [0.5, 0.6) is 23.0 Å². The number of benzene rings is 3. The minimum atomic E-state index is -1.06. The molecule has 1 aliphatic rings. The first-order valence-corrected chi connectivity index (χ1v) is 17.2. The van der Waals surface area contributed by atoms with Gasteiger partial charge in [-0.25, -0.2) is 14.4 Å². The summed E-state index contributed by atoms with van der Waals surface area (Å²) >= 11 is 3.28. The van der Waals surface area contributed by atoms with Gasteiger partial charge in [-0.1, -0.05) is 6.92 Å². The number of methoxy groups -OCH3 is 1. The van der Waals surface area contributed by atoms with E-state index in [0.29, 0.717) is 62.1 Å². The van der Waals surface area contributed by atoms with Crippen molar-refractivity contribution in [1.82, 2.24) is 0 Å². The second kappa shape index (κ2) is 15.2. The number of carboxylic acid groups (broad SMARTS) is 1. The number of ketones is 1. The van der Waals surface area contributed by atoms with Gasteiger partial charge in [-0.2, -0.15) is 0 Å². The Bertz CT molecular complexity index is 2100. The monoisotopic (exact) mass is 776 g/mol. The van der Waals surface area contributed by atoms with Gasteiger partial charge in [0.2, 0.25) is 0 Å². The van der Waals surface area contributed by atoms with Crippen molar-refractivity contribution in [3.63, 3.8) is 0 Å². The summed E-state index contributed by atoms with van der Waals surface area (Å²) in [5.74, 6) is -4.61. The van der Waals surface area contributed by atoms with E-state index in [4.69, 9.17) is 18.9 Å². The quantitative estimate of drug-likeness (QED) is 0.160. The van der Waals surface area contributed by atoms with Crippen molar-refractivity contribution in [2.24, 2.45) is 5.92 Å². The van der Waals surface area contributed by atoms with Crippen molar-refractivity contribution in [2.75, 3.05) is 7.11 Å². The molecule has 12 heteroatoms. The average molecular weight is 778 g/mol. The standard InChI is InChI=1S/C40H41BrO11/c1-12-26-24(10)27(14-17(3)29(26)38(46)51-35-21(7)18(4)31(37(44)45)19(5)22(35)8)50-40(48)32-20(6)23(9)36(33(41)34(32)43)52-39(47)30-16(2)13-25(42)15-28(30)49-11/h13-15,30,43H,12H2,1-11H3,(H,44,45). The van der Waals surface area contributed by atoms with Crippen molar-refractivity contribution in [3.8, 4) is 23.0 Å². The van der Waals surface area contributed by atoms with Crippen LogP contribution in [0.4, 0.5) is 0 Å². The van der Waals surface area contributed by atoms with Crippen LogP contribution in [0, 0.1) is 61.3 Å². The Morgan fingerprint density at radius 2 is 1.27 bits per heavy atom. The smallest absolute Gasteiger partial charge is 0.347 e. The summed E-state index contributed by atoms with van der Waals surface area (Å²) < 4.78 is 22.7. The summed E-state index contributed by atoms with van der Waals surface area (Å²) in [6.45, 7) is 16.8. The molecule has 1 aliphatic carbocycles. The molecular formula is C40H41BrO11. The van der Waals surface area contributed by atoms with Crippen LogP contribution in [0.2, 0.25) is 0 Å². The van der Waals surface area contributed by atoms with Crippen LogP contribution in [-0.4, -0.2) is 47.0 Å². The lowest BCUT2D eigenvalue weighted by Crippen LogP contribution is -2.28. The van der Waals surface area contributed by atoms with Gasteiger partial charge in [0.15, 0.2) is 11.5 Å². The second-order valence-corrected chi connectivity index (χ2v) is 13.6. The second-order valence-electron chi connectivity index (χ2n) is 12.8. The van der Waals surface area contributed by atoms with Crippen molar-refractivity contribution in [1.29, 1.82) is 0 Å². The number of carbonyl (C=O) groups excluding carboxylic acids is 4. The number of carboxylic acids is 1. The normalized spacial score (nSPS) is 14.0. The van der Waals surface area contributed by atoms with Crippen molar-refractivity contribution in [3.05, 3.63) is 101 Å². The number of aromatic hydroxyl groups is 1. The van der Waals surface area contributed by atoms with Gasteiger partial charge in [0.25, 0.3) is 0 Å². The van der Waals surface area contributed by atoms with Gasteiger partial charge in [-0.05, 0) is 152 Å². The first-order chi connectivity index (χ1) is 24.3. The predicted molar refractivity (Wildman–Crippen MR) is 196 cm³/mol. The molecule has 0 aliphatic heterocycles. The maximum Gasteiger partial charge on any atom is 0.347 e. The topological polar surface area (TPSA) is 163 Å². The molecule has 0 aromatic heterocycles. The van der Waals surface area contributed by atoms with E-state index in [1.165, 1.54) is 19.3 Å². The zero-order valence-corrected chi connectivity index (χ0v) is 32.5. The molecule has 11 nitrogen and oxygen atoms in total. The number of hydrogen-bond acceptors (Lipinski definition) is 10. The number of allylic oxidation sites excluding steroid dienone is 2. The highest BCUT2D eigenvalue weighted by atomic mass is 79.9. The number of phenolic OH excluding ortho intramolecular Hbond substituents is 1. The highest BCUT2D eigenvalue weighted by Crippen LogP contribution is 2.44. The summed E-state index contributed by atoms with van der Waals surface area (Å²) in [6.07, 6.45) is 2.90. The molecule has 0 radical (unpaired) electrons. The molecule has 0 bridgehead atoms. The van der Waals surface area contributed by atoms with Crippen LogP contribution in [0.15, 0.2) is 34.0 Å². The van der Waals surface area contributed by atoms with Crippen LogP contribution in [0.1, 0.15) is 95.0 Å². The summed E-state index contributed by atoms with van der Waals surface area (Å²) in [6, 6.07) is 1.54. The molecule has 1 unspecified atom stereocenters. The zero-order chi connectivity index (χ0) is 39.1. The molecule has 0 saturated heterocycles. The molecule has 52 heavy (non-hydrogen) atoms. The molecule has 274 valence electrons. The van der Waals surface area contributed by atoms with Crippen LogP contribution < -0.4 is 14.2 Å². The number of ether oxygens (including phenoxy) is 4. The summed E-state index contributed by atoms with van der Waals surface area (Å²) in [4.78, 5) is 64.6. The largest absolute Gasteiger partial charge is 0.506 e. The SMILES string of the molecule is CCc1c(C)c(OC(=O)c2c(C)c(C)c(OC(=O)C3C(C)=CC(=O)C=C3OC)c(Br)c2O)cc(C)c1C(=O)Oc1c(C)c(C)c(C(=O)O)c(C)c1C. The summed E-state index contributed by atoms with van der Waals surface area (Å²) in [7, 11) is 1.34. The van der Waals surface area contributed by atoms with E-state index in [1.54, 1.807) is 68.4 Å². The molecule has 4 rings (SSSR count). The van der Waals surface area contributed by atoms with Gasteiger partial charge in [-0.3, -0.25) is 9.59 Å². The molecule has 3 aromatic carbocycles. The molecule has 0 saturated carbocycles. The number of hydrogen-bond donors (Lipinski definition) is 2. The van der Waals surface area contributed by atoms with Crippen LogP contribution in [0.25, 0.3) is 0 Å². The highest BCUT2D eigenvalue weighted by Gasteiger charge is 2.34. The average Bonchev–Trinajstić information content (AvgIpc) is 3.07. The van der Waals surface area contributed by atoms with E-state index in [2.05, 4.69) is 15.9 Å². The molecule has 1 atom stereocenters. The van der Waals surface area contributed by atoms with E-state index in [9.17, 15) is 34.2 Å². The van der Waals surface area contributed by atoms with Gasteiger partial charge >= 0.3 is 23.9 Å². The van der Waals surface area contributed by atoms with Crippen molar-refractivity contribution < 1.29 is 53.1 Å². The Morgan fingerprint density at radius 3 is 1.81 bits per heavy atom. The van der Waals surface area contributed by atoms with Gasteiger partial charge in [0, 0.05) is 6.08 Å². The van der Waals surface area contributed by atoms with Gasteiger partial charge < -0.3 is 29.2 Å². The molecule has 0 heterocycles. The van der Waals surface area contributed by atoms with Crippen molar-refractivity contribution >= 4 is 45.6 Å². The lowest BCUT2D eigenvalue weighted by Gasteiger charge is -2.23. The third-order valence-corrected chi connectivity index (χ3v) is 10.5. The van der Waals surface area contributed by atoms with Crippen LogP contribution >= 0.6 is 15.9 Å². The first-order valence-electron chi connectivity index (χ1n) is 16.4. The number of halogens is 1. The number of esters is 3. The Balaban J connectivity index is 1.68.